The number of rotatable bonds is 2. The van der Waals surface area contributed by atoms with E-state index in [1.807, 2.05) is 6.07 Å². The van der Waals surface area contributed by atoms with E-state index in [0.29, 0.717) is 5.56 Å². The normalized spacial score (nSPS) is 12.1. The van der Waals surface area contributed by atoms with Crippen LogP contribution in [0, 0.1) is 18.3 Å². The molecular weight excluding hydrogens is 166 g/mol. The highest BCUT2D eigenvalue weighted by molar-refractivity contribution is 5.36. The zero-order valence-corrected chi connectivity index (χ0v) is 7.36. The standard InChI is InChI=1S/C10H11NO2/c1-7-2-3-8(6-10(7)13)9(12)4-5-11/h2-3,6,9,12-13H,4H2,1H3. The molecule has 1 aromatic carbocycles. The van der Waals surface area contributed by atoms with Crippen LogP contribution in [-0.4, -0.2) is 10.2 Å². The van der Waals surface area contributed by atoms with Crippen molar-refractivity contribution in [2.24, 2.45) is 0 Å². The molecule has 0 spiro atoms. The summed E-state index contributed by atoms with van der Waals surface area (Å²) < 4.78 is 0. The first-order valence-corrected chi connectivity index (χ1v) is 3.99. The molecule has 0 saturated heterocycles. The summed E-state index contributed by atoms with van der Waals surface area (Å²) in [4.78, 5) is 0. The average Bonchev–Trinajstić information content (AvgIpc) is 2.10. The molecule has 0 saturated carbocycles. The topological polar surface area (TPSA) is 64.2 Å². The van der Waals surface area contributed by atoms with Gasteiger partial charge in [-0.1, -0.05) is 12.1 Å². The number of nitriles is 1. The summed E-state index contributed by atoms with van der Waals surface area (Å²) in [5.41, 5.74) is 1.33. The van der Waals surface area contributed by atoms with E-state index in [-0.39, 0.29) is 12.2 Å². The van der Waals surface area contributed by atoms with Crippen molar-refractivity contribution in [1.29, 1.82) is 5.26 Å². The second kappa shape index (κ2) is 3.92. The minimum Gasteiger partial charge on any atom is -0.508 e. The predicted molar refractivity (Wildman–Crippen MR) is 48.0 cm³/mol. The van der Waals surface area contributed by atoms with E-state index in [0.717, 1.165) is 5.56 Å². The lowest BCUT2D eigenvalue weighted by molar-refractivity contribution is 0.183. The molecule has 0 aliphatic carbocycles. The van der Waals surface area contributed by atoms with Crippen molar-refractivity contribution in [2.75, 3.05) is 0 Å². The quantitative estimate of drug-likeness (QED) is 0.721. The van der Waals surface area contributed by atoms with Gasteiger partial charge < -0.3 is 10.2 Å². The van der Waals surface area contributed by atoms with E-state index >= 15 is 0 Å². The van der Waals surface area contributed by atoms with Crippen molar-refractivity contribution in [3.05, 3.63) is 29.3 Å². The lowest BCUT2D eigenvalue weighted by atomic mass is 10.0. The van der Waals surface area contributed by atoms with Crippen LogP contribution in [0.1, 0.15) is 23.7 Å². The van der Waals surface area contributed by atoms with Crippen LogP contribution >= 0.6 is 0 Å². The van der Waals surface area contributed by atoms with E-state index in [9.17, 15) is 10.2 Å². The predicted octanol–water partition coefficient (Wildman–Crippen LogP) is 1.65. The van der Waals surface area contributed by atoms with Crippen LogP contribution in [0.3, 0.4) is 0 Å². The number of nitrogens with zero attached hydrogens (tertiary/aromatic N) is 1. The van der Waals surface area contributed by atoms with Gasteiger partial charge in [0.15, 0.2) is 0 Å². The van der Waals surface area contributed by atoms with Crippen molar-refractivity contribution < 1.29 is 10.2 Å². The highest BCUT2D eigenvalue weighted by atomic mass is 16.3. The number of hydrogen-bond donors (Lipinski definition) is 2. The van der Waals surface area contributed by atoms with Gasteiger partial charge in [0.05, 0.1) is 18.6 Å². The summed E-state index contributed by atoms with van der Waals surface area (Å²) in [5.74, 6) is 0.148. The lowest BCUT2D eigenvalue weighted by Gasteiger charge is -2.07. The molecule has 0 radical (unpaired) electrons. The van der Waals surface area contributed by atoms with E-state index in [2.05, 4.69) is 0 Å². The largest absolute Gasteiger partial charge is 0.508 e. The van der Waals surface area contributed by atoms with E-state index in [1.165, 1.54) is 6.07 Å². The molecule has 0 bridgehead atoms. The summed E-state index contributed by atoms with van der Waals surface area (Å²) in [6.45, 7) is 1.77. The van der Waals surface area contributed by atoms with Crippen molar-refractivity contribution in [2.45, 2.75) is 19.4 Å². The molecule has 1 aromatic rings. The van der Waals surface area contributed by atoms with E-state index < -0.39 is 6.10 Å². The van der Waals surface area contributed by atoms with E-state index in [1.54, 1.807) is 19.1 Å². The maximum absolute atomic E-state index is 9.40. The van der Waals surface area contributed by atoms with Crippen LogP contribution in [0.5, 0.6) is 5.75 Å². The second-order valence-corrected chi connectivity index (χ2v) is 2.92. The molecule has 13 heavy (non-hydrogen) atoms. The molecule has 1 unspecified atom stereocenters. The number of phenols is 1. The lowest BCUT2D eigenvalue weighted by Crippen LogP contribution is -1.95. The number of aromatic hydroxyl groups is 1. The molecule has 1 rings (SSSR count). The molecule has 0 aliphatic rings. The summed E-state index contributed by atoms with van der Waals surface area (Å²) in [5, 5.41) is 27.1. The first-order valence-electron chi connectivity index (χ1n) is 3.99. The maximum atomic E-state index is 9.40. The summed E-state index contributed by atoms with van der Waals surface area (Å²) in [6, 6.07) is 6.77. The Bertz CT molecular complexity index is 341. The van der Waals surface area contributed by atoms with Gasteiger partial charge in [0.25, 0.3) is 0 Å². The Hall–Kier alpha value is -1.53. The van der Waals surface area contributed by atoms with Gasteiger partial charge in [0.2, 0.25) is 0 Å². The second-order valence-electron chi connectivity index (χ2n) is 2.92. The van der Waals surface area contributed by atoms with Gasteiger partial charge >= 0.3 is 0 Å². The molecule has 0 aliphatic heterocycles. The number of benzene rings is 1. The van der Waals surface area contributed by atoms with Crippen molar-refractivity contribution in [3.8, 4) is 11.8 Å². The molecule has 0 heterocycles. The van der Waals surface area contributed by atoms with Gasteiger partial charge in [-0.25, -0.2) is 0 Å². The Morgan fingerprint density at radius 1 is 1.54 bits per heavy atom. The molecule has 3 nitrogen and oxygen atoms in total. The number of aliphatic hydroxyl groups excluding tert-OH is 1. The van der Waals surface area contributed by atoms with Gasteiger partial charge in [-0.3, -0.25) is 0 Å². The highest BCUT2D eigenvalue weighted by Gasteiger charge is 2.07. The Kier molecular flexibility index (Phi) is 2.88. The van der Waals surface area contributed by atoms with Crippen molar-refractivity contribution >= 4 is 0 Å². The van der Waals surface area contributed by atoms with Crippen LogP contribution in [0.25, 0.3) is 0 Å². The smallest absolute Gasteiger partial charge is 0.118 e. The monoisotopic (exact) mass is 177 g/mol. The third kappa shape index (κ3) is 2.20. The number of aliphatic hydroxyl groups is 1. The summed E-state index contributed by atoms with van der Waals surface area (Å²) in [6.07, 6.45) is -0.765. The molecule has 1 atom stereocenters. The molecule has 0 aromatic heterocycles. The SMILES string of the molecule is Cc1ccc(C(O)CC#N)cc1O. The first-order chi connectivity index (χ1) is 6.15. The Labute approximate surface area is 76.9 Å². The Morgan fingerprint density at radius 3 is 2.77 bits per heavy atom. The first kappa shape index (κ1) is 9.56. The summed E-state index contributed by atoms with van der Waals surface area (Å²) >= 11 is 0. The number of aryl methyl sites for hydroxylation is 1. The number of hydrogen-bond acceptors (Lipinski definition) is 3. The third-order valence-corrected chi connectivity index (χ3v) is 1.90. The van der Waals surface area contributed by atoms with Gasteiger partial charge in [0.1, 0.15) is 5.75 Å². The molecule has 68 valence electrons. The average molecular weight is 177 g/mol. The van der Waals surface area contributed by atoms with Gasteiger partial charge in [0, 0.05) is 0 Å². The van der Waals surface area contributed by atoms with Gasteiger partial charge in [-0.05, 0) is 24.1 Å². The highest BCUT2D eigenvalue weighted by Crippen LogP contribution is 2.23. The minimum atomic E-state index is -0.809. The molecule has 2 N–H and O–H groups in total. The van der Waals surface area contributed by atoms with E-state index in [4.69, 9.17) is 5.26 Å². The van der Waals surface area contributed by atoms with Crippen molar-refractivity contribution in [3.63, 3.8) is 0 Å². The minimum absolute atomic E-state index is 0.0441. The molecular formula is C10H11NO2. The van der Waals surface area contributed by atoms with Crippen LogP contribution in [0.15, 0.2) is 18.2 Å². The fourth-order valence-corrected chi connectivity index (χ4v) is 1.04. The maximum Gasteiger partial charge on any atom is 0.118 e. The zero-order chi connectivity index (χ0) is 9.84. The van der Waals surface area contributed by atoms with Crippen LogP contribution in [0.2, 0.25) is 0 Å². The van der Waals surface area contributed by atoms with Gasteiger partial charge in [-0.2, -0.15) is 5.26 Å². The Morgan fingerprint density at radius 2 is 2.23 bits per heavy atom. The zero-order valence-electron chi connectivity index (χ0n) is 7.36. The fourth-order valence-electron chi connectivity index (χ4n) is 1.04. The molecule has 0 fully saturated rings. The van der Waals surface area contributed by atoms with Crippen molar-refractivity contribution in [1.82, 2.24) is 0 Å². The van der Waals surface area contributed by atoms with Crippen LogP contribution in [0.4, 0.5) is 0 Å². The van der Waals surface area contributed by atoms with Gasteiger partial charge in [-0.15, -0.1) is 0 Å². The van der Waals surface area contributed by atoms with Crippen LogP contribution < -0.4 is 0 Å². The fraction of sp³-hybridized carbons (Fsp3) is 0.300. The molecule has 3 heteroatoms. The molecule has 0 amide bonds. The third-order valence-electron chi connectivity index (χ3n) is 1.90. The van der Waals surface area contributed by atoms with Crippen LogP contribution in [-0.2, 0) is 0 Å². The Balaban J connectivity index is 2.91. The summed E-state index contributed by atoms with van der Waals surface area (Å²) in [7, 11) is 0. The number of phenolic OH excluding ortho intramolecular Hbond substituents is 1.